The van der Waals surface area contributed by atoms with Crippen molar-refractivity contribution in [2.45, 2.75) is 25.8 Å². The van der Waals surface area contributed by atoms with E-state index in [-0.39, 0.29) is 18.4 Å². The van der Waals surface area contributed by atoms with Gasteiger partial charge in [0, 0.05) is 18.7 Å². The van der Waals surface area contributed by atoms with Gasteiger partial charge in [-0.05, 0) is 43.0 Å². The maximum Gasteiger partial charge on any atom is 0.278 e. The Hall–Kier alpha value is -3.48. The highest BCUT2D eigenvalue weighted by Crippen LogP contribution is 2.38. The van der Waals surface area contributed by atoms with Crippen molar-refractivity contribution in [1.29, 1.82) is 0 Å². The molecular formula is C25H28N2O5. The van der Waals surface area contributed by atoms with Crippen LogP contribution in [0.3, 0.4) is 0 Å². The number of amides is 2. The van der Waals surface area contributed by atoms with Gasteiger partial charge in [0.25, 0.3) is 11.8 Å². The van der Waals surface area contributed by atoms with Crippen molar-refractivity contribution in [3.63, 3.8) is 0 Å². The lowest BCUT2D eigenvalue weighted by Crippen LogP contribution is -2.36. The first-order chi connectivity index (χ1) is 15.6. The maximum atomic E-state index is 13.6. The Morgan fingerprint density at radius 3 is 2.16 bits per heavy atom. The van der Waals surface area contributed by atoms with Crippen molar-refractivity contribution in [1.82, 2.24) is 9.80 Å². The van der Waals surface area contributed by atoms with Crippen LogP contribution in [-0.4, -0.2) is 56.0 Å². The average Bonchev–Trinajstić information content (AvgIpc) is 3.09. The van der Waals surface area contributed by atoms with Gasteiger partial charge >= 0.3 is 0 Å². The van der Waals surface area contributed by atoms with Gasteiger partial charge < -0.3 is 19.1 Å². The number of benzene rings is 2. The summed E-state index contributed by atoms with van der Waals surface area (Å²) in [6.07, 6.45) is 3.13. The molecule has 2 amide bonds. The minimum atomic E-state index is -0.310. The third-order valence-corrected chi connectivity index (χ3v) is 5.98. The average molecular weight is 437 g/mol. The number of carbonyl (C=O) groups is 2. The molecule has 2 aliphatic heterocycles. The van der Waals surface area contributed by atoms with E-state index in [4.69, 9.17) is 14.2 Å². The number of nitrogens with zero attached hydrogens (tertiary/aromatic N) is 2. The Morgan fingerprint density at radius 2 is 1.47 bits per heavy atom. The van der Waals surface area contributed by atoms with Crippen LogP contribution >= 0.6 is 0 Å². The van der Waals surface area contributed by atoms with Crippen LogP contribution in [0.5, 0.6) is 17.2 Å². The molecule has 0 aliphatic carbocycles. The molecule has 0 radical (unpaired) electrons. The van der Waals surface area contributed by atoms with E-state index in [1.165, 1.54) is 4.90 Å². The van der Waals surface area contributed by atoms with E-state index in [1.54, 1.807) is 33.5 Å². The summed E-state index contributed by atoms with van der Waals surface area (Å²) in [6.45, 7) is 1.67. The highest BCUT2D eigenvalue weighted by Gasteiger charge is 2.42. The minimum absolute atomic E-state index is 0.147. The zero-order valence-electron chi connectivity index (χ0n) is 18.7. The summed E-state index contributed by atoms with van der Waals surface area (Å²) in [5, 5.41) is 0. The normalized spacial score (nSPS) is 16.6. The number of imide groups is 1. The van der Waals surface area contributed by atoms with Crippen LogP contribution in [0.1, 0.15) is 30.4 Å². The molecule has 0 spiro atoms. The van der Waals surface area contributed by atoms with Gasteiger partial charge in [-0.1, -0.05) is 24.3 Å². The Bertz CT molecular complexity index is 1060. The lowest BCUT2D eigenvalue weighted by atomic mass is 10.0. The van der Waals surface area contributed by atoms with Gasteiger partial charge in [0.1, 0.15) is 11.4 Å². The van der Waals surface area contributed by atoms with Crippen molar-refractivity contribution in [2.24, 2.45) is 0 Å². The molecule has 1 saturated heterocycles. The number of carbonyl (C=O) groups excluding carboxylic acids is 2. The molecule has 7 nitrogen and oxygen atoms in total. The van der Waals surface area contributed by atoms with E-state index < -0.39 is 0 Å². The molecule has 1 fully saturated rings. The first kappa shape index (κ1) is 21.7. The molecule has 2 aromatic rings. The molecule has 0 atom stereocenters. The fraction of sp³-hybridized carbons (Fsp3) is 0.360. The molecule has 2 heterocycles. The lowest BCUT2D eigenvalue weighted by Gasteiger charge is -2.29. The highest BCUT2D eigenvalue weighted by molar-refractivity contribution is 6.35. The van der Waals surface area contributed by atoms with E-state index in [1.807, 2.05) is 30.3 Å². The predicted molar refractivity (Wildman–Crippen MR) is 120 cm³/mol. The van der Waals surface area contributed by atoms with E-state index in [0.717, 1.165) is 37.9 Å². The molecule has 32 heavy (non-hydrogen) atoms. The Kier molecular flexibility index (Phi) is 6.35. The molecule has 7 heteroatoms. The smallest absolute Gasteiger partial charge is 0.278 e. The number of ether oxygens (including phenoxy) is 3. The molecule has 0 unspecified atom stereocenters. The summed E-state index contributed by atoms with van der Waals surface area (Å²) in [6, 6.07) is 12.8. The van der Waals surface area contributed by atoms with Gasteiger partial charge in [0.2, 0.25) is 0 Å². The van der Waals surface area contributed by atoms with Crippen molar-refractivity contribution in [3.8, 4) is 17.2 Å². The van der Waals surface area contributed by atoms with Crippen LogP contribution in [0.25, 0.3) is 5.57 Å². The topological polar surface area (TPSA) is 68.3 Å². The van der Waals surface area contributed by atoms with Gasteiger partial charge in [0.15, 0.2) is 11.5 Å². The molecule has 0 N–H and O–H groups in total. The van der Waals surface area contributed by atoms with Gasteiger partial charge in [-0.15, -0.1) is 0 Å². The summed E-state index contributed by atoms with van der Waals surface area (Å²) >= 11 is 0. The third-order valence-electron chi connectivity index (χ3n) is 5.98. The zero-order chi connectivity index (χ0) is 22.7. The summed E-state index contributed by atoms with van der Waals surface area (Å²) in [5.41, 5.74) is 2.31. The fourth-order valence-electron chi connectivity index (χ4n) is 4.37. The lowest BCUT2D eigenvalue weighted by molar-refractivity contribution is -0.138. The molecule has 2 aromatic carbocycles. The van der Waals surface area contributed by atoms with Crippen molar-refractivity contribution >= 4 is 17.4 Å². The van der Waals surface area contributed by atoms with E-state index in [2.05, 4.69) is 4.90 Å². The number of methoxy groups -OCH3 is 3. The van der Waals surface area contributed by atoms with Crippen LogP contribution in [0, 0.1) is 0 Å². The van der Waals surface area contributed by atoms with Gasteiger partial charge in [-0.3, -0.25) is 14.5 Å². The Balaban J connectivity index is 1.74. The summed E-state index contributed by atoms with van der Waals surface area (Å²) in [7, 11) is 4.70. The number of piperidine rings is 1. The molecule has 0 aromatic heterocycles. The first-order valence-corrected chi connectivity index (χ1v) is 10.8. The van der Waals surface area contributed by atoms with Crippen LogP contribution in [0.15, 0.2) is 48.2 Å². The highest BCUT2D eigenvalue weighted by atomic mass is 16.5. The monoisotopic (exact) mass is 436 g/mol. The predicted octanol–water partition coefficient (Wildman–Crippen LogP) is 3.48. The molecule has 0 saturated carbocycles. The Morgan fingerprint density at radius 1 is 0.781 bits per heavy atom. The largest absolute Gasteiger partial charge is 0.496 e. The van der Waals surface area contributed by atoms with Crippen molar-refractivity contribution in [2.75, 3.05) is 34.4 Å². The molecular weight excluding hydrogens is 408 g/mol. The van der Waals surface area contributed by atoms with Crippen LogP contribution < -0.4 is 14.2 Å². The Labute approximate surface area is 188 Å². The van der Waals surface area contributed by atoms with E-state index in [0.29, 0.717) is 34.1 Å². The number of para-hydroxylation sites is 1. The molecule has 168 valence electrons. The van der Waals surface area contributed by atoms with Crippen LogP contribution in [-0.2, 0) is 16.1 Å². The fourth-order valence-corrected chi connectivity index (χ4v) is 4.37. The second-order valence-corrected chi connectivity index (χ2v) is 7.86. The number of hydrogen-bond donors (Lipinski definition) is 0. The summed E-state index contributed by atoms with van der Waals surface area (Å²) in [4.78, 5) is 30.6. The van der Waals surface area contributed by atoms with Crippen LogP contribution in [0.4, 0.5) is 0 Å². The first-order valence-electron chi connectivity index (χ1n) is 10.8. The standard InChI is InChI=1S/C25H28N2O5/c1-30-19-10-6-5-9-18(19)22-23(26-13-7-4-8-14-26)25(29)27(24(22)28)16-17-11-12-20(31-2)21(15-17)32-3/h5-6,9-12,15H,4,7-8,13-14,16H2,1-3H3. The number of likely N-dealkylation sites (tertiary alicyclic amines) is 1. The third kappa shape index (κ3) is 3.90. The summed E-state index contributed by atoms with van der Waals surface area (Å²) in [5.74, 6) is 1.14. The minimum Gasteiger partial charge on any atom is -0.496 e. The number of hydrogen-bond acceptors (Lipinski definition) is 6. The van der Waals surface area contributed by atoms with E-state index >= 15 is 0 Å². The van der Waals surface area contributed by atoms with Crippen molar-refractivity contribution < 1.29 is 23.8 Å². The quantitative estimate of drug-likeness (QED) is 0.619. The zero-order valence-corrected chi connectivity index (χ0v) is 18.7. The van der Waals surface area contributed by atoms with Crippen LogP contribution in [0.2, 0.25) is 0 Å². The van der Waals surface area contributed by atoms with Gasteiger partial charge in [-0.25, -0.2) is 0 Å². The second kappa shape index (κ2) is 9.34. The molecule has 4 rings (SSSR count). The number of rotatable bonds is 7. The summed E-state index contributed by atoms with van der Waals surface area (Å²) < 4.78 is 16.2. The molecule has 2 aliphatic rings. The SMILES string of the molecule is COc1ccc(CN2C(=O)C(c3ccccc3OC)=C(N3CCCCC3)C2=O)cc1OC. The second-order valence-electron chi connectivity index (χ2n) is 7.86. The van der Waals surface area contributed by atoms with Gasteiger partial charge in [0.05, 0.1) is 33.4 Å². The maximum absolute atomic E-state index is 13.6. The molecule has 0 bridgehead atoms. The van der Waals surface area contributed by atoms with E-state index in [9.17, 15) is 9.59 Å². The van der Waals surface area contributed by atoms with Crippen molar-refractivity contribution in [3.05, 3.63) is 59.3 Å². The van der Waals surface area contributed by atoms with Gasteiger partial charge in [-0.2, -0.15) is 0 Å².